The monoisotopic (exact) mass is 458 g/mol. The highest BCUT2D eigenvalue weighted by atomic mass is 79.9. The Morgan fingerprint density at radius 3 is 2.24 bits per heavy atom. The Morgan fingerprint density at radius 1 is 1.03 bits per heavy atom. The van der Waals surface area contributed by atoms with E-state index in [1.54, 1.807) is 11.8 Å². The molecule has 2 rings (SSSR count). The fraction of sp³-hybridized carbons (Fsp3) is 0.417. The molecule has 0 fully saturated rings. The predicted octanol–water partition coefficient (Wildman–Crippen LogP) is 4.94. The summed E-state index contributed by atoms with van der Waals surface area (Å²) in [5.41, 5.74) is 4.25. The second kappa shape index (κ2) is 11.1. The number of nitrogens with one attached hydrogen (secondary N) is 1. The largest absolute Gasteiger partial charge is 0.354 e. The lowest BCUT2D eigenvalue weighted by Gasteiger charge is -2.29. The Balaban J connectivity index is 2.20. The molecule has 0 bridgehead atoms. The van der Waals surface area contributed by atoms with Gasteiger partial charge in [-0.1, -0.05) is 70.7 Å². The Morgan fingerprint density at radius 2 is 1.66 bits per heavy atom. The Hall–Kier alpha value is -2.14. The quantitative estimate of drug-likeness (QED) is 0.540. The van der Waals surface area contributed by atoms with Crippen LogP contribution >= 0.6 is 15.9 Å². The van der Waals surface area contributed by atoms with Crippen molar-refractivity contribution in [2.75, 3.05) is 6.54 Å². The van der Waals surface area contributed by atoms with E-state index in [0.717, 1.165) is 39.6 Å². The number of aryl methyl sites for hydroxylation is 2. The van der Waals surface area contributed by atoms with Crippen LogP contribution in [-0.4, -0.2) is 29.3 Å². The molecule has 2 amide bonds. The summed E-state index contributed by atoms with van der Waals surface area (Å²) in [5.74, 6) is -0.152. The summed E-state index contributed by atoms with van der Waals surface area (Å²) in [6.07, 6.45) is 2.23. The van der Waals surface area contributed by atoms with Gasteiger partial charge in [-0.2, -0.15) is 0 Å². The number of nitrogens with zero attached hydrogens (tertiary/aromatic N) is 1. The van der Waals surface area contributed by atoms with Gasteiger partial charge in [0.25, 0.3) is 0 Å². The maximum absolute atomic E-state index is 13.2. The highest BCUT2D eigenvalue weighted by Crippen LogP contribution is 2.17. The molecule has 1 N–H and O–H groups in total. The minimum absolute atomic E-state index is 0.0453. The third-order valence-electron chi connectivity index (χ3n) is 4.90. The number of benzene rings is 2. The molecule has 0 heterocycles. The van der Waals surface area contributed by atoms with Gasteiger partial charge in [0.2, 0.25) is 11.8 Å². The topological polar surface area (TPSA) is 49.4 Å². The molecule has 0 radical (unpaired) electrons. The molecule has 0 aromatic heterocycles. The number of hydrogen-bond acceptors (Lipinski definition) is 2. The van der Waals surface area contributed by atoms with Crippen molar-refractivity contribution in [1.29, 1.82) is 0 Å². The van der Waals surface area contributed by atoms with Gasteiger partial charge < -0.3 is 10.2 Å². The third-order valence-corrected chi connectivity index (χ3v) is 5.43. The number of carbonyl (C=O) groups is 2. The molecule has 0 saturated heterocycles. The number of rotatable bonds is 9. The van der Waals surface area contributed by atoms with Crippen molar-refractivity contribution < 1.29 is 9.59 Å². The van der Waals surface area contributed by atoms with Gasteiger partial charge in [0.1, 0.15) is 6.04 Å². The van der Waals surface area contributed by atoms with E-state index in [-0.39, 0.29) is 18.2 Å². The number of carbonyl (C=O) groups excluding carboxylic acids is 2. The molecule has 1 unspecified atom stereocenters. The fourth-order valence-electron chi connectivity index (χ4n) is 3.35. The minimum atomic E-state index is -0.533. The maximum atomic E-state index is 13.2. The summed E-state index contributed by atoms with van der Waals surface area (Å²) >= 11 is 3.44. The zero-order valence-electron chi connectivity index (χ0n) is 17.8. The summed E-state index contributed by atoms with van der Waals surface area (Å²) in [6, 6.07) is 13.5. The molecule has 4 nitrogen and oxygen atoms in total. The van der Waals surface area contributed by atoms with Crippen LogP contribution in [0.2, 0.25) is 0 Å². The van der Waals surface area contributed by atoms with E-state index < -0.39 is 6.04 Å². The fourth-order valence-corrected chi connectivity index (χ4v) is 3.62. The van der Waals surface area contributed by atoms with Crippen LogP contribution < -0.4 is 5.32 Å². The van der Waals surface area contributed by atoms with E-state index in [2.05, 4.69) is 34.2 Å². The Labute approximate surface area is 182 Å². The van der Waals surface area contributed by atoms with Crippen molar-refractivity contribution in [1.82, 2.24) is 10.2 Å². The smallest absolute Gasteiger partial charge is 0.242 e. The third kappa shape index (κ3) is 7.32. The molecule has 0 aliphatic heterocycles. The molecule has 0 saturated carbocycles. The molecule has 0 spiro atoms. The standard InChI is InChI=1S/C24H31BrN2O2/c1-5-6-11-26-24(29)19(4)27(16-20-7-9-22(25)10-8-20)23(28)15-21-13-17(2)12-18(3)14-21/h7-10,12-14,19H,5-6,11,15-16H2,1-4H3,(H,26,29). The van der Waals surface area contributed by atoms with Gasteiger partial charge >= 0.3 is 0 Å². The number of halogens is 1. The highest BCUT2D eigenvalue weighted by Gasteiger charge is 2.26. The average Bonchev–Trinajstić information content (AvgIpc) is 2.66. The van der Waals surface area contributed by atoms with Crippen molar-refractivity contribution in [2.45, 2.75) is 59.5 Å². The van der Waals surface area contributed by atoms with Crippen molar-refractivity contribution in [3.63, 3.8) is 0 Å². The number of unbranched alkanes of at least 4 members (excludes halogenated alkanes) is 1. The molecular formula is C24H31BrN2O2. The van der Waals surface area contributed by atoms with Crippen LogP contribution in [0.4, 0.5) is 0 Å². The minimum Gasteiger partial charge on any atom is -0.354 e. The first-order valence-electron chi connectivity index (χ1n) is 10.2. The van der Waals surface area contributed by atoms with Gasteiger partial charge in [0.05, 0.1) is 6.42 Å². The second-order valence-electron chi connectivity index (χ2n) is 7.64. The average molecular weight is 459 g/mol. The molecule has 5 heteroatoms. The zero-order valence-corrected chi connectivity index (χ0v) is 19.4. The molecular weight excluding hydrogens is 428 g/mol. The first kappa shape index (κ1) is 23.1. The molecule has 0 aliphatic rings. The van der Waals surface area contributed by atoms with Gasteiger partial charge in [0, 0.05) is 17.6 Å². The zero-order chi connectivity index (χ0) is 21.4. The molecule has 2 aromatic carbocycles. The van der Waals surface area contributed by atoms with E-state index in [4.69, 9.17) is 0 Å². The summed E-state index contributed by atoms with van der Waals surface area (Å²) in [7, 11) is 0. The van der Waals surface area contributed by atoms with E-state index in [0.29, 0.717) is 13.1 Å². The van der Waals surface area contributed by atoms with Gasteiger partial charge in [-0.3, -0.25) is 9.59 Å². The Bertz CT molecular complexity index is 813. The van der Waals surface area contributed by atoms with Crippen LogP contribution in [0, 0.1) is 13.8 Å². The summed E-state index contributed by atoms with van der Waals surface area (Å²) in [4.78, 5) is 27.6. The SMILES string of the molecule is CCCCNC(=O)C(C)N(Cc1ccc(Br)cc1)C(=O)Cc1cc(C)cc(C)c1. The molecule has 156 valence electrons. The molecule has 1 atom stereocenters. The summed E-state index contributed by atoms with van der Waals surface area (Å²) < 4.78 is 0.986. The van der Waals surface area contributed by atoms with Gasteiger partial charge in [-0.25, -0.2) is 0 Å². The van der Waals surface area contributed by atoms with Gasteiger partial charge in [0.15, 0.2) is 0 Å². The molecule has 29 heavy (non-hydrogen) atoms. The lowest BCUT2D eigenvalue weighted by molar-refractivity contribution is -0.140. The highest BCUT2D eigenvalue weighted by molar-refractivity contribution is 9.10. The van der Waals surface area contributed by atoms with Crippen LogP contribution in [0.1, 0.15) is 48.9 Å². The van der Waals surface area contributed by atoms with E-state index in [9.17, 15) is 9.59 Å². The van der Waals surface area contributed by atoms with Crippen LogP contribution in [0.3, 0.4) is 0 Å². The van der Waals surface area contributed by atoms with E-state index >= 15 is 0 Å². The van der Waals surface area contributed by atoms with E-state index in [1.807, 2.05) is 50.2 Å². The van der Waals surface area contributed by atoms with Crippen LogP contribution in [0.25, 0.3) is 0 Å². The van der Waals surface area contributed by atoms with Crippen LogP contribution in [-0.2, 0) is 22.6 Å². The summed E-state index contributed by atoms with van der Waals surface area (Å²) in [6.45, 7) is 8.99. The number of hydrogen-bond donors (Lipinski definition) is 1. The normalized spacial score (nSPS) is 11.8. The lowest BCUT2D eigenvalue weighted by atomic mass is 10.0. The van der Waals surface area contributed by atoms with Crippen molar-refractivity contribution >= 4 is 27.7 Å². The van der Waals surface area contributed by atoms with Crippen molar-refractivity contribution in [2.24, 2.45) is 0 Å². The Kier molecular flexibility index (Phi) is 8.90. The maximum Gasteiger partial charge on any atom is 0.242 e. The van der Waals surface area contributed by atoms with Gasteiger partial charge in [-0.05, 0) is 50.5 Å². The molecule has 2 aromatic rings. The van der Waals surface area contributed by atoms with Gasteiger partial charge in [-0.15, -0.1) is 0 Å². The van der Waals surface area contributed by atoms with Crippen LogP contribution in [0.15, 0.2) is 46.9 Å². The summed E-state index contributed by atoms with van der Waals surface area (Å²) in [5, 5.41) is 2.96. The predicted molar refractivity (Wildman–Crippen MR) is 122 cm³/mol. The molecule has 0 aliphatic carbocycles. The first-order valence-corrected chi connectivity index (χ1v) is 11.0. The van der Waals surface area contributed by atoms with Crippen molar-refractivity contribution in [3.8, 4) is 0 Å². The lowest BCUT2D eigenvalue weighted by Crippen LogP contribution is -2.48. The van der Waals surface area contributed by atoms with Crippen LogP contribution in [0.5, 0.6) is 0 Å². The second-order valence-corrected chi connectivity index (χ2v) is 8.56. The first-order chi connectivity index (χ1) is 13.8. The van der Waals surface area contributed by atoms with Crippen molar-refractivity contribution in [3.05, 3.63) is 69.2 Å². The number of amides is 2. The van der Waals surface area contributed by atoms with E-state index in [1.165, 1.54) is 0 Å².